The molecule has 1 aromatic carbocycles. The quantitative estimate of drug-likeness (QED) is 0.431. The number of hydrogen-bond acceptors (Lipinski definition) is 3. The summed E-state index contributed by atoms with van der Waals surface area (Å²) in [5.41, 5.74) is 0.484. The molecule has 3 rings (SSSR count). The van der Waals surface area contributed by atoms with Crippen LogP contribution < -0.4 is 10.6 Å². The van der Waals surface area contributed by atoms with Crippen LogP contribution in [0.5, 0.6) is 0 Å². The van der Waals surface area contributed by atoms with Crippen LogP contribution in [0.2, 0.25) is 5.02 Å². The smallest absolute Gasteiger partial charge is 0.252 e. The molecule has 1 fully saturated rings. The van der Waals surface area contributed by atoms with Gasteiger partial charge in [-0.3, -0.25) is 9.79 Å². The topological polar surface area (TPSA) is 74.6 Å². The Kier molecular flexibility index (Phi) is 7.52. The predicted octanol–water partition coefficient (Wildman–Crippen LogP) is 2.81. The molecular weight excluding hydrogens is 388 g/mol. The first-order valence-electron chi connectivity index (χ1n) is 10.1. The maximum absolute atomic E-state index is 12.3. The monoisotopic (exact) mass is 416 g/mol. The minimum atomic E-state index is -0.178. The molecule has 1 amide bonds. The van der Waals surface area contributed by atoms with Gasteiger partial charge in [-0.2, -0.15) is 0 Å². The zero-order valence-electron chi connectivity index (χ0n) is 17.0. The fraction of sp³-hybridized carbons (Fsp3) is 0.476. The van der Waals surface area contributed by atoms with Crippen LogP contribution in [-0.4, -0.2) is 59.0 Å². The Labute approximate surface area is 177 Å². The number of imidazole rings is 1. The standard InChI is InChI=1S/C21H29ClN6O/c1-3-24-21(26-10-9-25-20(29)17-6-4-5-7-18(17)22)27-12-8-16(2)19(14-27)28-13-11-23-15-28/h4-7,11,13,15-16,19H,3,8-10,12,14H2,1-2H3,(H,24,26)(H,25,29). The minimum Gasteiger partial charge on any atom is -0.357 e. The third-order valence-corrected chi connectivity index (χ3v) is 5.57. The molecule has 2 atom stereocenters. The van der Waals surface area contributed by atoms with Crippen molar-refractivity contribution in [3.63, 3.8) is 0 Å². The van der Waals surface area contributed by atoms with E-state index in [0.717, 1.165) is 32.0 Å². The first-order valence-corrected chi connectivity index (χ1v) is 10.5. The second-order valence-corrected chi connectivity index (χ2v) is 7.67. The van der Waals surface area contributed by atoms with Crippen molar-refractivity contribution in [1.82, 2.24) is 25.1 Å². The van der Waals surface area contributed by atoms with E-state index >= 15 is 0 Å². The van der Waals surface area contributed by atoms with Crippen LogP contribution in [0.25, 0.3) is 0 Å². The maximum atomic E-state index is 12.3. The fourth-order valence-corrected chi connectivity index (χ4v) is 3.81. The molecule has 0 saturated carbocycles. The van der Waals surface area contributed by atoms with Crippen molar-refractivity contribution in [2.45, 2.75) is 26.3 Å². The van der Waals surface area contributed by atoms with Crippen LogP contribution in [0.1, 0.15) is 36.7 Å². The number of amides is 1. The number of carbonyl (C=O) groups excluding carboxylic acids is 1. The molecule has 0 spiro atoms. The van der Waals surface area contributed by atoms with E-state index in [0.29, 0.717) is 35.6 Å². The highest BCUT2D eigenvalue weighted by Gasteiger charge is 2.28. The molecule has 0 aliphatic carbocycles. The summed E-state index contributed by atoms with van der Waals surface area (Å²) < 4.78 is 2.18. The molecule has 2 aromatic rings. The Morgan fingerprint density at radius 2 is 2.17 bits per heavy atom. The highest BCUT2D eigenvalue weighted by Crippen LogP contribution is 2.27. The molecule has 1 aliphatic rings. The molecule has 7 nitrogen and oxygen atoms in total. The molecule has 2 unspecified atom stereocenters. The van der Waals surface area contributed by atoms with E-state index < -0.39 is 0 Å². The van der Waals surface area contributed by atoms with Gasteiger partial charge in [0.05, 0.1) is 29.5 Å². The number of rotatable bonds is 6. The van der Waals surface area contributed by atoms with Gasteiger partial charge in [0.1, 0.15) is 0 Å². The molecule has 156 valence electrons. The zero-order valence-corrected chi connectivity index (χ0v) is 17.8. The number of halogens is 1. The molecule has 0 radical (unpaired) electrons. The van der Waals surface area contributed by atoms with Crippen LogP contribution in [0, 0.1) is 5.92 Å². The zero-order chi connectivity index (χ0) is 20.6. The molecule has 1 aliphatic heterocycles. The summed E-state index contributed by atoms with van der Waals surface area (Å²) in [6.45, 7) is 7.95. The number of benzene rings is 1. The van der Waals surface area contributed by atoms with E-state index in [1.165, 1.54) is 0 Å². The summed E-state index contributed by atoms with van der Waals surface area (Å²) >= 11 is 6.08. The molecule has 2 heterocycles. The highest BCUT2D eigenvalue weighted by molar-refractivity contribution is 6.33. The number of nitrogens with zero attached hydrogens (tertiary/aromatic N) is 4. The third-order valence-electron chi connectivity index (χ3n) is 5.24. The van der Waals surface area contributed by atoms with Gasteiger partial charge in [0.25, 0.3) is 5.91 Å². The molecule has 1 saturated heterocycles. The van der Waals surface area contributed by atoms with Gasteiger partial charge in [-0.15, -0.1) is 0 Å². The van der Waals surface area contributed by atoms with Crippen LogP contribution in [-0.2, 0) is 0 Å². The molecule has 29 heavy (non-hydrogen) atoms. The van der Waals surface area contributed by atoms with Crippen molar-refractivity contribution >= 4 is 23.5 Å². The van der Waals surface area contributed by atoms with Crippen molar-refractivity contribution in [3.05, 3.63) is 53.6 Å². The van der Waals surface area contributed by atoms with Gasteiger partial charge in [0, 0.05) is 38.6 Å². The van der Waals surface area contributed by atoms with E-state index in [4.69, 9.17) is 16.6 Å². The molecule has 2 N–H and O–H groups in total. The lowest BCUT2D eigenvalue weighted by molar-refractivity contribution is 0.0955. The van der Waals surface area contributed by atoms with Crippen LogP contribution in [0.4, 0.5) is 0 Å². The van der Waals surface area contributed by atoms with Gasteiger partial charge in [-0.1, -0.05) is 30.7 Å². The van der Waals surface area contributed by atoms with Crippen molar-refractivity contribution < 1.29 is 4.79 Å². The normalized spacial score (nSPS) is 19.8. The van der Waals surface area contributed by atoms with Gasteiger partial charge in [-0.05, 0) is 31.4 Å². The van der Waals surface area contributed by atoms with Crippen molar-refractivity contribution in [2.75, 3.05) is 32.7 Å². The number of hydrogen-bond donors (Lipinski definition) is 2. The van der Waals surface area contributed by atoms with E-state index in [-0.39, 0.29) is 5.91 Å². The Hall–Kier alpha value is -2.54. The lowest BCUT2D eigenvalue weighted by Gasteiger charge is -2.39. The first kappa shape index (κ1) is 21.2. The lowest BCUT2D eigenvalue weighted by atomic mass is 9.93. The summed E-state index contributed by atoms with van der Waals surface area (Å²) in [7, 11) is 0. The number of guanidine groups is 1. The summed E-state index contributed by atoms with van der Waals surface area (Å²) in [5, 5.41) is 6.72. The number of aliphatic imine (C=N–C) groups is 1. The van der Waals surface area contributed by atoms with Crippen molar-refractivity contribution in [2.24, 2.45) is 10.9 Å². The van der Waals surface area contributed by atoms with Crippen LogP contribution >= 0.6 is 11.6 Å². The average molecular weight is 417 g/mol. The molecule has 1 aromatic heterocycles. The highest BCUT2D eigenvalue weighted by atomic mass is 35.5. The lowest BCUT2D eigenvalue weighted by Crippen LogP contribution is -2.49. The minimum absolute atomic E-state index is 0.178. The SMILES string of the molecule is CCNC(=NCCNC(=O)c1ccccc1Cl)N1CCC(C)C(n2ccnc2)C1. The van der Waals surface area contributed by atoms with E-state index in [2.05, 4.69) is 38.9 Å². The molecule has 0 bridgehead atoms. The Morgan fingerprint density at radius 3 is 2.90 bits per heavy atom. The number of piperidine rings is 1. The van der Waals surface area contributed by atoms with Gasteiger partial charge in [0.2, 0.25) is 0 Å². The Bertz CT molecular complexity index is 822. The summed E-state index contributed by atoms with van der Waals surface area (Å²) in [6.07, 6.45) is 6.83. The second-order valence-electron chi connectivity index (χ2n) is 7.26. The van der Waals surface area contributed by atoms with E-state index in [1.807, 2.05) is 24.8 Å². The summed E-state index contributed by atoms with van der Waals surface area (Å²) in [5.74, 6) is 1.29. The number of carbonyl (C=O) groups is 1. The predicted molar refractivity (Wildman–Crippen MR) is 116 cm³/mol. The summed E-state index contributed by atoms with van der Waals surface area (Å²) in [6, 6.07) is 7.41. The Balaban J connectivity index is 1.58. The van der Waals surface area contributed by atoms with E-state index in [1.54, 1.807) is 18.2 Å². The molecule has 8 heteroatoms. The van der Waals surface area contributed by atoms with Gasteiger partial charge in [0.15, 0.2) is 5.96 Å². The maximum Gasteiger partial charge on any atom is 0.252 e. The fourth-order valence-electron chi connectivity index (χ4n) is 3.59. The number of aromatic nitrogens is 2. The third kappa shape index (κ3) is 5.50. The summed E-state index contributed by atoms with van der Waals surface area (Å²) in [4.78, 5) is 23.5. The van der Waals surface area contributed by atoms with Crippen molar-refractivity contribution in [1.29, 1.82) is 0 Å². The Morgan fingerprint density at radius 1 is 1.34 bits per heavy atom. The first-order chi connectivity index (χ1) is 14.1. The molecular formula is C21H29ClN6O. The van der Waals surface area contributed by atoms with Gasteiger partial charge >= 0.3 is 0 Å². The van der Waals surface area contributed by atoms with Crippen LogP contribution in [0.15, 0.2) is 48.0 Å². The van der Waals surface area contributed by atoms with Crippen molar-refractivity contribution in [3.8, 4) is 0 Å². The number of nitrogens with one attached hydrogen (secondary N) is 2. The number of likely N-dealkylation sites (tertiary alicyclic amines) is 1. The largest absolute Gasteiger partial charge is 0.357 e. The van der Waals surface area contributed by atoms with E-state index in [9.17, 15) is 4.79 Å². The van der Waals surface area contributed by atoms with Crippen LogP contribution in [0.3, 0.4) is 0 Å². The van der Waals surface area contributed by atoms with Gasteiger partial charge in [-0.25, -0.2) is 4.98 Å². The van der Waals surface area contributed by atoms with Gasteiger partial charge < -0.3 is 20.1 Å². The second kappa shape index (κ2) is 10.3. The average Bonchev–Trinajstić information content (AvgIpc) is 3.25.